The maximum absolute atomic E-state index is 12.9. The van der Waals surface area contributed by atoms with Crippen LogP contribution in [0, 0.1) is 12.8 Å². The van der Waals surface area contributed by atoms with E-state index in [0.717, 1.165) is 15.4 Å². The monoisotopic (exact) mass is 463 g/mol. The normalized spacial score (nSPS) is 11.4. The number of ether oxygens (including phenoxy) is 1. The molecule has 0 heterocycles. The van der Waals surface area contributed by atoms with Crippen molar-refractivity contribution in [3.05, 3.63) is 59.7 Å². The first-order valence-electron chi connectivity index (χ1n) is 10.1. The number of nitrogens with one attached hydrogen (secondary N) is 2. The molecule has 0 aliphatic heterocycles. The fourth-order valence-corrected chi connectivity index (χ4v) is 4.47. The summed E-state index contributed by atoms with van der Waals surface area (Å²) < 4.78 is 32.2. The minimum Gasteiger partial charge on any atom is -0.484 e. The Hall–Kier alpha value is -2.95. The quantitative estimate of drug-likeness (QED) is 0.345. The summed E-state index contributed by atoms with van der Waals surface area (Å²) in [4.78, 5) is 23.5. The fraction of sp³-hybridized carbons (Fsp3) is 0.364. The van der Waals surface area contributed by atoms with Crippen molar-refractivity contribution in [2.75, 3.05) is 19.7 Å². The van der Waals surface area contributed by atoms with E-state index in [4.69, 9.17) is 9.94 Å². The van der Waals surface area contributed by atoms with Crippen LogP contribution < -0.4 is 15.5 Å². The van der Waals surface area contributed by atoms with E-state index in [0.29, 0.717) is 12.3 Å². The molecule has 0 unspecified atom stereocenters. The Morgan fingerprint density at radius 3 is 2.31 bits per heavy atom. The van der Waals surface area contributed by atoms with Gasteiger partial charge < -0.3 is 10.1 Å². The summed E-state index contributed by atoms with van der Waals surface area (Å²) in [5, 5.41) is 11.5. The van der Waals surface area contributed by atoms with Crippen LogP contribution in [0.2, 0.25) is 0 Å². The summed E-state index contributed by atoms with van der Waals surface area (Å²) in [6.45, 7) is 5.38. The predicted molar refractivity (Wildman–Crippen MR) is 118 cm³/mol. The molecular weight excluding hydrogens is 434 g/mol. The van der Waals surface area contributed by atoms with Crippen LogP contribution in [0.25, 0.3) is 0 Å². The Morgan fingerprint density at radius 1 is 1.06 bits per heavy atom. The second-order valence-corrected chi connectivity index (χ2v) is 9.63. The highest BCUT2D eigenvalue weighted by atomic mass is 32.2. The van der Waals surface area contributed by atoms with E-state index in [9.17, 15) is 18.0 Å². The van der Waals surface area contributed by atoms with Crippen LogP contribution in [-0.2, 0) is 26.2 Å². The van der Waals surface area contributed by atoms with Crippen LogP contribution in [0.4, 0.5) is 0 Å². The standard InChI is InChI=1S/C22H29N3O6S/c1-16(2)13-25(14-21(26)24-28)32(29,30)20-10-8-19(9-11-20)31-15-22(27)23-12-18-7-5-4-6-17(18)3/h4-11,16,28H,12-15H2,1-3H3,(H,23,27)(H,24,26). The van der Waals surface area contributed by atoms with Crippen molar-refractivity contribution in [2.45, 2.75) is 32.2 Å². The Bertz CT molecular complexity index is 1020. The van der Waals surface area contributed by atoms with Crippen LogP contribution in [0.3, 0.4) is 0 Å². The van der Waals surface area contributed by atoms with Gasteiger partial charge in [0.15, 0.2) is 6.61 Å². The van der Waals surface area contributed by atoms with Crippen molar-refractivity contribution >= 4 is 21.8 Å². The van der Waals surface area contributed by atoms with Gasteiger partial charge in [-0.1, -0.05) is 38.1 Å². The number of carbonyl (C=O) groups is 2. The average Bonchev–Trinajstić information content (AvgIpc) is 2.76. The van der Waals surface area contributed by atoms with Crippen LogP contribution in [0.15, 0.2) is 53.4 Å². The third kappa shape index (κ3) is 7.33. The van der Waals surface area contributed by atoms with Gasteiger partial charge in [-0.3, -0.25) is 14.8 Å². The number of aryl methyl sites for hydroxylation is 1. The topological polar surface area (TPSA) is 125 Å². The number of sulfonamides is 1. The lowest BCUT2D eigenvalue weighted by atomic mass is 10.1. The number of benzene rings is 2. The summed E-state index contributed by atoms with van der Waals surface area (Å²) >= 11 is 0. The number of hydroxylamine groups is 1. The summed E-state index contributed by atoms with van der Waals surface area (Å²) in [5.74, 6) is -0.829. The van der Waals surface area contributed by atoms with Gasteiger partial charge in [0.2, 0.25) is 10.0 Å². The first kappa shape index (κ1) is 25.3. The van der Waals surface area contributed by atoms with Crippen LogP contribution in [0.5, 0.6) is 5.75 Å². The smallest absolute Gasteiger partial charge is 0.258 e. The third-order valence-corrected chi connectivity index (χ3v) is 6.41. The number of rotatable bonds is 11. The number of amides is 2. The molecule has 2 aromatic carbocycles. The lowest BCUT2D eigenvalue weighted by Gasteiger charge is -2.23. The molecule has 0 fully saturated rings. The molecule has 0 aromatic heterocycles. The zero-order valence-corrected chi connectivity index (χ0v) is 19.2. The van der Waals surface area contributed by atoms with E-state index in [1.54, 1.807) is 0 Å². The molecule has 2 amide bonds. The van der Waals surface area contributed by atoms with Crippen LogP contribution in [-0.4, -0.2) is 49.4 Å². The fourth-order valence-electron chi connectivity index (χ4n) is 2.91. The van der Waals surface area contributed by atoms with E-state index < -0.39 is 22.5 Å². The second kappa shape index (κ2) is 11.6. The summed E-state index contributed by atoms with van der Waals surface area (Å²) in [6.07, 6.45) is 0. The molecule has 2 aromatic rings. The first-order valence-corrected chi connectivity index (χ1v) is 11.5. The molecule has 0 spiro atoms. The SMILES string of the molecule is Cc1ccccc1CNC(=O)COc1ccc(S(=O)(=O)N(CC(=O)NO)CC(C)C)cc1. The van der Waals surface area contributed by atoms with E-state index in [2.05, 4.69) is 5.32 Å². The number of hydrogen-bond acceptors (Lipinski definition) is 6. The molecule has 0 atom stereocenters. The van der Waals surface area contributed by atoms with Crippen LogP contribution >= 0.6 is 0 Å². The largest absolute Gasteiger partial charge is 0.484 e. The zero-order chi connectivity index (χ0) is 23.7. The Morgan fingerprint density at radius 2 is 1.72 bits per heavy atom. The van der Waals surface area contributed by atoms with Crippen LogP contribution in [0.1, 0.15) is 25.0 Å². The van der Waals surface area contributed by atoms with Crippen molar-refractivity contribution in [3.8, 4) is 5.75 Å². The number of nitrogens with zero attached hydrogens (tertiary/aromatic N) is 1. The molecule has 10 heteroatoms. The molecule has 2 rings (SSSR count). The third-order valence-electron chi connectivity index (χ3n) is 4.58. The highest BCUT2D eigenvalue weighted by Crippen LogP contribution is 2.20. The molecule has 0 aliphatic carbocycles. The summed E-state index contributed by atoms with van der Waals surface area (Å²) in [7, 11) is -3.97. The molecule has 9 nitrogen and oxygen atoms in total. The first-order chi connectivity index (χ1) is 15.1. The predicted octanol–water partition coefficient (Wildman–Crippen LogP) is 1.84. The maximum atomic E-state index is 12.9. The lowest BCUT2D eigenvalue weighted by molar-refractivity contribution is -0.129. The van der Waals surface area contributed by atoms with Gasteiger partial charge in [0.05, 0.1) is 11.4 Å². The van der Waals surface area contributed by atoms with Crippen molar-refractivity contribution in [1.82, 2.24) is 15.1 Å². The summed E-state index contributed by atoms with van der Waals surface area (Å²) in [5.41, 5.74) is 3.54. The molecule has 0 bridgehead atoms. The molecule has 174 valence electrons. The molecule has 3 N–H and O–H groups in total. The van der Waals surface area contributed by atoms with Gasteiger partial charge in [0.1, 0.15) is 5.75 Å². The second-order valence-electron chi connectivity index (χ2n) is 7.69. The molecule has 0 radical (unpaired) electrons. The Balaban J connectivity index is 1.97. The van der Waals surface area contributed by atoms with E-state index in [1.165, 1.54) is 29.7 Å². The highest BCUT2D eigenvalue weighted by Gasteiger charge is 2.27. The van der Waals surface area contributed by atoms with Crippen molar-refractivity contribution in [1.29, 1.82) is 0 Å². The Kier molecular flexibility index (Phi) is 9.18. The Labute approximate surface area is 188 Å². The van der Waals surface area contributed by atoms with Gasteiger partial charge in [-0.25, -0.2) is 13.9 Å². The molecular formula is C22H29N3O6S. The average molecular weight is 464 g/mol. The van der Waals surface area contributed by atoms with Gasteiger partial charge in [0.25, 0.3) is 11.8 Å². The molecule has 0 aliphatic rings. The van der Waals surface area contributed by atoms with Crippen molar-refractivity contribution in [3.63, 3.8) is 0 Å². The highest BCUT2D eigenvalue weighted by molar-refractivity contribution is 7.89. The number of hydrogen-bond donors (Lipinski definition) is 3. The van der Waals surface area contributed by atoms with Gasteiger partial charge in [-0.15, -0.1) is 0 Å². The maximum Gasteiger partial charge on any atom is 0.258 e. The van der Waals surface area contributed by atoms with E-state index in [1.807, 2.05) is 45.0 Å². The minimum absolute atomic E-state index is 0.0276. The van der Waals surface area contributed by atoms with Crippen molar-refractivity contribution in [2.24, 2.45) is 5.92 Å². The molecule has 0 saturated heterocycles. The van der Waals surface area contributed by atoms with Gasteiger partial charge in [0, 0.05) is 13.1 Å². The summed E-state index contributed by atoms with van der Waals surface area (Å²) in [6, 6.07) is 13.3. The molecule has 32 heavy (non-hydrogen) atoms. The van der Waals surface area contributed by atoms with Crippen molar-refractivity contribution < 1.29 is 28.0 Å². The van der Waals surface area contributed by atoms with Gasteiger partial charge >= 0.3 is 0 Å². The van der Waals surface area contributed by atoms with Gasteiger partial charge in [-0.2, -0.15) is 4.31 Å². The zero-order valence-electron chi connectivity index (χ0n) is 18.4. The molecule has 0 saturated carbocycles. The minimum atomic E-state index is -3.97. The lowest BCUT2D eigenvalue weighted by Crippen LogP contribution is -2.41. The van der Waals surface area contributed by atoms with Gasteiger partial charge in [-0.05, 0) is 48.2 Å². The van der Waals surface area contributed by atoms with E-state index in [-0.39, 0.29) is 29.9 Å². The number of carbonyl (C=O) groups excluding carboxylic acids is 2. The van der Waals surface area contributed by atoms with E-state index >= 15 is 0 Å².